The van der Waals surface area contributed by atoms with Crippen molar-refractivity contribution in [2.24, 2.45) is 0 Å². The van der Waals surface area contributed by atoms with E-state index in [-0.39, 0.29) is 12.3 Å². The van der Waals surface area contributed by atoms with Gasteiger partial charge in [-0.15, -0.1) is 0 Å². The standard InChI is InChI=1S/C25H25ClN4O5/c1-15-16(2)30(13-20-5-4-10-34-20)25(21(15)12-27)29-23(32)14-35-24(33)11-22(28-17(3)31)18-6-8-19(26)9-7-18/h4-10,22H,11,13-14H2,1-3H3,(H,28,31)(H,29,32). The Morgan fingerprint density at radius 2 is 1.91 bits per heavy atom. The average Bonchev–Trinajstić information content (AvgIpc) is 3.40. The fourth-order valence-electron chi connectivity index (χ4n) is 3.62. The van der Waals surface area contributed by atoms with E-state index in [1.54, 1.807) is 54.2 Å². The van der Waals surface area contributed by atoms with Gasteiger partial charge in [0, 0.05) is 17.6 Å². The van der Waals surface area contributed by atoms with Crippen molar-refractivity contribution in [1.29, 1.82) is 5.26 Å². The molecular formula is C25H25ClN4O5. The van der Waals surface area contributed by atoms with Gasteiger partial charge in [0.2, 0.25) is 5.91 Å². The molecule has 1 aromatic carbocycles. The van der Waals surface area contributed by atoms with Gasteiger partial charge in [-0.3, -0.25) is 14.4 Å². The van der Waals surface area contributed by atoms with Gasteiger partial charge in [-0.1, -0.05) is 23.7 Å². The Kier molecular flexibility index (Phi) is 8.34. The highest BCUT2D eigenvalue weighted by Crippen LogP contribution is 2.27. The number of nitrogens with one attached hydrogen (secondary N) is 2. The fraction of sp³-hybridized carbons (Fsp3) is 0.280. The van der Waals surface area contributed by atoms with Crippen molar-refractivity contribution in [2.75, 3.05) is 11.9 Å². The van der Waals surface area contributed by atoms with Gasteiger partial charge in [-0.05, 0) is 49.2 Å². The molecule has 9 nitrogen and oxygen atoms in total. The van der Waals surface area contributed by atoms with Crippen LogP contribution in [-0.2, 0) is 25.7 Å². The number of amides is 2. The number of benzene rings is 1. The molecule has 2 amide bonds. The number of nitriles is 1. The number of hydrogen-bond acceptors (Lipinski definition) is 6. The van der Waals surface area contributed by atoms with Gasteiger partial charge in [0.15, 0.2) is 6.61 Å². The summed E-state index contributed by atoms with van der Waals surface area (Å²) in [7, 11) is 0. The number of hydrogen-bond donors (Lipinski definition) is 2. The maximum Gasteiger partial charge on any atom is 0.308 e. The first kappa shape index (κ1) is 25.6. The minimum atomic E-state index is -0.673. The number of aromatic nitrogens is 1. The number of rotatable bonds is 9. The van der Waals surface area contributed by atoms with Crippen LogP contribution in [0.4, 0.5) is 5.82 Å². The maximum atomic E-state index is 12.6. The highest BCUT2D eigenvalue weighted by atomic mass is 35.5. The quantitative estimate of drug-likeness (QED) is 0.431. The Hall–Kier alpha value is -4.03. The molecule has 2 N–H and O–H groups in total. The van der Waals surface area contributed by atoms with Crippen molar-refractivity contribution in [2.45, 2.75) is 39.8 Å². The van der Waals surface area contributed by atoms with E-state index in [1.165, 1.54) is 6.92 Å². The van der Waals surface area contributed by atoms with E-state index < -0.39 is 24.5 Å². The predicted octanol–water partition coefficient (Wildman–Crippen LogP) is 4.02. The van der Waals surface area contributed by atoms with Crippen LogP contribution in [0.5, 0.6) is 0 Å². The highest BCUT2D eigenvalue weighted by molar-refractivity contribution is 6.30. The molecule has 182 valence electrons. The second kappa shape index (κ2) is 11.4. The van der Waals surface area contributed by atoms with E-state index >= 15 is 0 Å². The van der Waals surface area contributed by atoms with Crippen molar-refractivity contribution in [3.05, 3.63) is 75.8 Å². The van der Waals surface area contributed by atoms with Crippen LogP contribution in [0, 0.1) is 25.2 Å². The van der Waals surface area contributed by atoms with Gasteiger partial charge in [-0.2, -0.15) is 5.26 Å². The first-order valence-electron chi connectivity index (χ1n) is 10.8. The summed E-state index contributed by atoms with van der Waals surface area (Å²) in [5, 5.41) is 15.5. The number of ether oxygens (including phenoxy) is 1. The Bertz CT molecular complexity index is 1260. The largest absolute Gasteiger partial charge is 0.467 e. The third-order valence-electron chi connectivity index (χ3n) is 5.48. The fourth-order valence-corrected chi connectivity index (χ4v) is 3.74. The third kappa shape index (κ3) is 6.52. The molecule has 35 heavy (non-hydrogen) atoms. The molecule has 3 aromatic rings. The molecule has 3 rings (SSSR count). The van der Waals surface area contributed by atoms with Gasteiger partial charge in [0.25, 0.3) is 5.91 Å². The van der Waals surface area contributed by atoms with Gasteiger partial charge in [0.1, 0.15) is 17.6 Å². The summed E-state index contributed by atoms with van der Waals surface area (Å²) in [6.07, 6.45) is 1.37. The van der Waals surface area contributed by atoms with Crippen molar-refractivity contribution in [3.8, 4) is 6.07 Å². The summed E-state index contributed by atoms with van der Waals surface area (Å²) in [6, 6.07) is 11.7. The molecule has 0 saturated heterocycles. The number of anilines is 1. The van der Waals surface area contributed by atoms with Gasteiger partial charge in [0.05, 0.1) is 30.8 Å². The minimum absolute atomic E-state index is 0.176. The molecule has 0 radical (unpaired) electrons. The summed E-state index contributed by atoms with van der Waals surface area (Å²) in [4.78, 5) is 36.6. The van der Waals surface area contributed by atoms with E-state index in [2.05, 4.69) is 16.7 Å². The summed E-state index contributed by atoms with van der Waals surface area (Å²) in [5.41, 5.74) is 2.52. The highest BCUT2D eigenvalue weighted by Gasteiger charge is 2.22. The van der Waals surface area contributed by atoms with Gasteiger partial charge < -0.3 is 24.4 Å². The van der Waals surface area contributed by atoms with Crippen LogP contribution in [-0.4, -0.2) is 29.0 Å². The Labute approximate surface area is 207 Å². The zero-order valence-electron chi connectivity index (χ0n) is 19.6. The van der Waals surface area contributed by atoms with Crippen LogP contribution in [0.3, 0.4) is 0 Å². The molecule has 1 atom stereocenters. The lowest BCUT2D eigenvalue weighted by Crippen LogP contribution is -2.29. The van der Waals surface area contributed by atoms with Crippen LogP contribution in [0.2, 0.25) is 5.02 Å². The number of halogens is 1. The molecule has 0 saturated carbocycles. The normalized spacial score (nSPS) is 11.4. The first-order chi connectivity index (χ1) is 16.7. The molecule has 2 aromatic heterocycles. The van der Waals surface area contributed by atoms with Crippen LogP contribution >= 0.6 is 11.6 Å². The maximum absolute atomic E-state index is 12.6. The van der Waals surface area contributed by atoms with Gasteiger partial charge >= 0.3 is 5.97 Å². The molecule has 0 aliphatic carbocycles. The topological polar surface area (TPSA) is 126 Å². The average molecular weight is 497 g/mol. The second-order valence-corrected chi connectivity index (χ2v) is 8.37. The SMILES string of the molecule is CC(=O)NC(CC(=O)OCC(=O)Nc1c(C#N)c(C)c(C)n1Cc1ccco1)c1ccc(Cl)cc1. The first-order valence-corrected chi connectivity index (χ1v) is 11.2. The molecular weight excluding hydrogens is 472 g/mol. The van der Waals surface area contributed by atoms with E-state index in [1.807, 2.05) is 6.92 Å². The van der Waals surface area contributed by atoms with E-state index in [0.29, 0.717) is 34.3 Å². The second-order valence-electron chi connectivity index (χ2n) is 7.93. The zero-order chi connectivity index (χ0) is 25.5. The van der Waals surface area contributed by atoms with E-state index in [0.717, 1.165) is 11.3 Å². The van der Waals surface area contributed by atoms with Crippen molar-refractivity contribution < 1.29 is 23.5 Å². The van der Waals surface area contributed by atoms with E-state index in [9.17, 15) is 19.6 Å². The number of nitrogens with zero attached hydrogens (tertiary/aromatic N) is 2. The zero-order valence-corrected chi connectivity index (χ0v) is 20.3. The number of carbonyl (C=O) groups is 3. The predicted molar refractivity (Wildman–Crippen MR) is 129 cm³/mol. The van der Waals surface area contributed by atoms with Crippen molar-refractivity contribution in [3.63, 3.8) is 0 Å². The molecule has 0 bridgehead atoms. The van der Waals surface area contributed by atoms with Crippen LogP contribution in [0.1, 0.15) is 47.5 Å². The minimum Gasteiger partial charge on any atom is -0.467 e. The Morgan fingerprint density at radius 3 is 2.51 bits per heavy atom. The van der Waals surface area contributed by atoms with Crippen molar-refractivity contribution >= 4 is 35.2 Å². The molecule has 0 aliphatic heterocycles. The third-order valence-corrected chi connectivity index (χ3v) is 5.73. The summed E-state index contributed by atoms with van der Waals surface area (Å²) < 4.78 is 12.3. The lowest BCUT2D eigenvalue weighted by Gasteiger charge is -2.18. The number of esters is 1. The smallest absolute Gasteiger partial charge is 0.308 e. The summed E-state index contributed by atoms with van der Waals surface area (Å²) in [6.45, 7) is 4.74. The van der Waals surface area contributed by atoms with Crippen LogP contribution in [0.25, 0.3) is 0 Å². The van der Waals surface area contributed by atoms with E-state index in [4.69, 9.17) is 20.8 Å². The molecule has 0 spiro atoms. The van der Waals surface area contributed by atoms with Crippen LogP contribution in [0.15, 0.2) is 47.1 Å². The molecule has 10 heteroatoms. The number of carbonyl (C=O) groups excluding carboxylic acids is 3. The molecule has 2 heterocycles. The van der Waals surface area contributed by atoms with Crippen LogP contribution < -0.4 is 10.6 Å². The monoisotopic (exact) mass is 496 g/mol. The lowest BCUT2D eigenvalue weighted by atomic mass is 10.0. The number of furan rings is 1. The molecule has 0 fully saturated rings. The lowest BCUT2D eigenvalue weighted by molar-refractivity contribution is -0.148. The molecule has 0 aliphatic rings. The van der Waals surface area contributed by atoms with Gasteiger partial charge in [-0.25, -0.2) is 0 Å². The molecule has 1 unspecified atom stereocenters. The Morgan fingerprint density at radius 1 is 1.20 bits per heavy atom. The summed E-state index contributed by atoms with van der Waals surface area (Å²) >= 11 is 5.91. The summed E-state index contributed by atoms with van der Waals surface area (Å²) in [5.74, 6) is -0.635. The Balaban J connectivity index is 1.67. The van der Waals surface area contributed by atoms with Crippen molar-refractivity contribution in [1.82, 2.24) is 9.88 Å².